The van der Waals surface area contributed by atoms with E-state index in [1.165, 1.54) is 6.07 Å². The molecule has 1 aliphatic heterocycles. The van der Waals surface area contributed by atoms with Crippen molar-refractivity contribution >= 4 is 16.8 Å². The molecule has 0 spiro atoms. The maximum atomic E-state index is 13.9. The van der Waals surface area contributed by atoms with Crippen molar-refractivity contribution in [2.75, 3.05) is 26.2 Å². The highest BCUT2D eigenvalue weighted by Gasteiger charge is 2.24. The number of carbonyl (C=O) groups is 1. The molecule has 2 aromatic heterocycles. The number of para-hydroxylation sites is 1. The zero-order chi connectivity index (χ0) is 18.1. The Kier molecular flexibility index (Phi) is 4.34. The van der Waals surface area contributed by atoms with E-state index in [2.05, 4.69) is 20.0 Å². The van der Waals surface area contributed by atoms with Gasteiger partial charge in [-0.2, -0.15) is 4.98 Å². The van der Waals surface area contributed by atoms with Crippen LogP contribution in [-0.2, 0) is 6.54 Å². The molecule has 0 radical (unpaired) electrons. The number of halogens is 1. The summed E-state index contributed by atoms with van der Waals surface area (Å²) in [5.74, 6) is 0.597. The van der Waals surface area contributed by atoms with Crippen LogP contribution in [0.3, 0.4) is 0 Å². The van der Waals surface area contributed by atoms with Crippen molar-refractivity contribution in [3.05, 3.63) is 53.6 Å². The highest BCUT2D eigenvalue weighted by atomic mass is 19.1. The lowest BCUT2D eigenvalue weighted by atomic mass is 10.2. The van der Waals surface area contributed by atoms with Gasteiger partial charge < -0.3 is 9.42 Å². The van der Waals surface area contributed by atoms with E-state index in [4.69, 9.17) is 4.52 Å². The predicted octanol–water partition coefficient (Wildman–Crippen LogP) is 2.02. The lowest BCUT2D eigenvalue weighted by Gasteiger charge is -2.33. The van der Waals surface area contributed by atoms with Gasteiger partial charge in [-0.25, -0.2) is 9.37 Å². The third kappa shape index (κ3) is 3.28. The van der Waals surface area contributed by atoms with Gasteiger partial charge in [-0.15, -0.1) is 0 Å². The Hall–Kier alpha value is -2.87. The highest BCUT2D eigenvalue weighted by Crippen LogP contribution is 2.17. The van der Waals surface area contributed by atoms with Crippen molar-refractivity contribution in [2.24, 2.45) is 0 Å². The second-order valence-corrected chi connectivity index (χ2v) is 6.31. The summed E-state index contributed by atoms with van der Waals surface area (Å²) in [6.45, 7) is 4.92. The summed E-state index contributed by atoms with van der Waals surface area (Å²) >= 11 is 0. The number of hydrogen-bond acceptors (Lipinski definition) is 6. The number of nitrogens with zero attached hydrogens (tertiary/aromatic N) is 5. The van der Waals surface area contributed by atoms with E-state index in [1.807, 2.05) is 0 Å². The number of aromatic nitrogens is 3. The van der Waals surface area contributed by atoms with Crippen molar-refractivity contribution in [1.82, 2.24) is 24.9 Å². The molecule has 7 nitrogen and oxygen atoms in total. The predicted molar refractivity (Wildman–Crippen MR) is 91.9 cm³/mol. The minimum atomic E-state index is -0.419. The molecular formula is C18H18FN5O2. The maximum absolute atomic E-state index is 13.9. The Balaban J connectivity index is 1.42. The van der Waals surface area contributed by atoms with E-state index in [1.54, 1.807) is 36.1 Å². The van der Waals surface area contributed by atoms with Crippen LogP contribution in [0.4, 0.5) is 4.39 Å². The second-order valence-electron chi connectivity index (χ2n) is 6.31. The SMILES string of the molecule is Cc1nc(CN2CCN(C(=O)c3ccc4cccc(F)c4n3)CC2)no1. The van der Waals surface area contributed by atoms with E-state index in [0.29, 0.717) is 49.8 Å². The molecule has 0 atom stereocenters. The van der Waals surface area contributed by atoms with Crippen molar-refractivity contribution in [1.29, 1.82) is 0 Å². The topological polar surface area (TPSA) is 75.4 Å². The summed E-state index contributed by atoms with van der Waals surface area (Å²) in [5, 5.41) is 4.58. The minimum Gasteiger partial charge on any atom is -0.340 e. The molecule has 8 heteroatoms. The summed E-state index contributed by atoms with van der Waals surface area (Å²) < 4.78 is 18.9. The van der Waals surface area contributed by atoms with Gasteiger partial charge in [-0.1, -0.05) is 23.4 Å². The van der Waals surface area contributed by atoms with Crippen LogP contribution in [0.2, 0.25) is 0 Å². The molecule has 0 unspecified atom stereocenters. The fourth-order valence-electron chi connectivity index (χ4n) is 3.11. The van der Waals surface area contributed by atoms with Gasteiger partial charge in [0.15, 0.2) is 5.82 Å². The Morgan fingerprint density at radius 1 is 1.15 bits per heavy atom. The molecular weight excluding hydrogens is 337 g/mol. The van der Waals surface area contributed by atoms with Gasteiger partial charge in [-0.3, -0.25) is 9.69 Å². The number of amides is 1. The van der Waals surface area contributed by atoms with Crippen LogP contribution in [-0.4, -0.2) is 57.0 Å². The lowest BCUT2D eigenvalue weighted by molar-refractivity contribution is 0.0619. The number of aryl methyl sites for hydroxylation is 1. The van der Waals surface area contributed by atoms with Gasteiger partial charge in [0.2, 0.25) is 5.89 Å². The maximum Gasteiger partial charge on any atom is 0.272 e. The molecule has 0 saturated carbocycles. The Bertz CT molecular complexity index is 950. The van der Waals surface area contributed by atoms with Crippen LogP contribution in [0.5, 0.6) is 0 Å². The van der Waals surface area contributed by atoms with E-state index in [-0.39, 0.29) is 17.1 Å². The summed E-state index contributed by atoms with van der Waals surface area (Å²) in [6.07, 6.45) is 0. The molecule has 0 bridgehead atoms. The first-order valence-electron chi connectivity index (χ1n) is 8.46. The van der Waals surface area contributed by atoms with Gasteiger partial charge in [0.25, 0.3) is 5.91 Å². The Morgan fingerprint density at radius 3 is 2.69 bits per heavy atom. The van der Waals surface area contributed by atoms with E-state index in [9.17, 15) is 9.18 Å². The Labute approximate surface area is 149 Å². The molecule has 0 N–H and O–H groups in total. The molecule has 1 amide bonds. The van der Waals surface area contributed by atoms with Crippen molar-refractivity contribution < 1.29 is 13.7 Å². The molecule has 0 aliphatic carbocycles. The normalized spacial score (nSPS) is 15.5. The molecule has 1 aromatic carbocycles. The third-order valence-electron chi connectivity index (χ3n) is 4.48. The Morgan fingerprint density at radius 2 is 1.96 bits per heavy atom. The number of pyridine rings is 1. The van der Waals surface area contributed by atoms with Gasteiger partial charge in [0.1, 0.15) is 17.0 Å². The van der Waals surface area contributed by atoms with Crippen LogP contribution in [0.1, 0.15) is 22.2 Å². The summed E-state index contributed by atoms with van der Waals surface area (Å²) in [7, 11) is 0. The average molecular weight is 355 g/mol. The van der Waals surface area contributed by atoms with Crippen molar-refractivity contribution in [2.45, 2.75) is 13.5 Å². The summed E-state index contributed by atoms with van der Waals surface area (Å²) in [4.78, 5) is 25.0. The summed E-state index contributed by atoms with van der Waals surface area (Å²) in [5.41, 5.74) is 0.495. The zero-order valence-corrected chi connectivity index (χ0v) is 14.4. The van der Waals surface area contributed by atoms with E-state index < -0.39 is 5.82 Å². The fraction of sp³-hybridized carbons (Fsp3) is 0.333. The van der Waals surface area contributed by atoms with E-state index >= 15 is 0 Å². The number of carbonyl (C=O) groups excluding carboxylic acids is 1. The van der Waals surface area contributed by atoms with Crippen LogP contribution in [0.15, 0.2) is 34.9 Å². The smallest absolute Gasteiger partial charge is 0.272 e. The third-order valence-corrected chi connectivity index (χ3v) is 4.48. The van der Waals surface area contributed by atoms with Crippen LogP contribution in [0.25, 0.3) is 10.9 Å². The largest absolute Gasteiger partial charge is 0.340 e. The molecule has 3 heterocycles. The van der Waals surface area contributed by atoms with Crippen LogP contribution >= 0.6 is 0 Å². The summed E-state index contributed by atoms with van der Waals surface area (Å²) in [6, 6.07) is 8.14. The van der Waals surface area contributed by atoms with Crippen molar-refractivity contribution in [3.63, 3.8) is 0 Å². The first-order valence-corrected chi connectivity index (χ1v) is 8.46. The van der Waals surface area contributed by atoms with Gasteiger partial charge in [-0.05, 0) is 12.1 Å². The molecule has 26 heavy (non-hydrogen) atoms. The molecule has 1 aliphatic rings. The molecule has 4 rings (SSSR count). The van der Waals surface area contributed by atoms with Crippen LogP contribution < -0.4 is 0 Å². The van der Waals surface area contributed by atoms with Gasteiger partial charge in [0, 0.05) is 38.5 Å². The van der Waals surface area contributed by atoms with Gasteiger partial charge in [0.05, 0.1) is 6.54 Å². The van der Waals surface area contributed by atoms with Gasteiger partial charge >= 0.3 is 0 Å². The number of rotatable bonds is 3. The van der Waals surface area contributed by atoms with Crippen molar-refractivity contribution in [3.8, 4) is 0 Å². The molecule has 1 saturated heterocycles. The molecule has 1 fully saturated rings. The minimum absolute atomic E-state index is 0.176. The monoisotopic (exact) mass is 355 g/mol. The van der Waals surface area contributed by atoms with Crippen LogP contribution in [0, 0.1) is 12.7 Å². The zero-order valence-electron chi connectivity index (χ0n) is 14.4. The quantitative estimate of drug-likeness (QED) is 0.716. The van der Waals surface area contributed by atoms with E-state index in [0.717, 1.165) is 0 Å². The second kappa shape index (κ2) is 6.80. The number of benzene rings is 1. The molecule has 3 aromatic rings. The standard InChI is InChI=1S/C18H18FN5O2/c1-12-20-16(22-26-12)11-23-7-9-24(10-8-23)18(25)15-6-5-13-3-2-4-14(19)17(13)21-15/h2-6H,7-11H2,1H3. The highest BCUT2D eigenvalue weighted by molar-refractivity contribution is 5.95. The number of fused-ring (bicyclic) bond motifs is 1. The fourth-order valence-corrected chi connectivity index (χ4v) is 3.11. The molecule has 134 valence electrons. The first-order chi connectivity index (χ1) is 12.6. The number of piperazine rings is 1. The first kappa shape index (κ1) is 16.6. The average Bonchev–Trinajstić information content (AvgIpc) is 3.07. The number of hydrogen-bond donors (Lipinski definition) is 0. The lowest BCUT2D eigenvalue weighted by Crippen LogP contribution is -2.48.